The number of hydrogen-bond acceptors (Lipinski definition) is 1. The topological polar surface area (TPSA) is 12.4 Å². The molecule has 2 rings (SSSR count). The van der Waals surface area contributed by atoms with Gasteiger partial charge in [-0.1, -0.05) is 23.7 Å². The van der Waals surface area contributed by atoms with Crippen molar-refractivity contribution in [2.24, 2.45) is 4.99 Å². The molecular weight excluding hydrogens is 121 g/mol. The summed E-state index contributed by atoms with van der Waals surface area (Å²) in [7, 11) is 2.03. The number of para-hydroxylation sites is 1. The fraction of sp³-hybridized carbons (Fsp3) is 0.125. The van der Waals surface area contributed by atoms with E-state index in [9.17, 15) is 0 Å². The van der Waals surface area contributed by atoms with Gasteiger partial charge in [0.25, 0.3) is 0 Å². The van der Waals surface area contributed by atoms with E-state index in [1.807, 2.05) is 13.4 Å². The molecule has 1 aliphatic rings. The van der Waals surface area contributed by atoms with E-state index in [4.69, 9.17) is 0 Å². The second-order valence-electron chi connectivity index (χ2n) is 2.46. The molecule has 0 amide bonds. The maximum absolute atomic E-state index is 4.22. The Balaban J connectivity index is 2.67. The maximum Gasteiger partial charge on any atom is 0.209 e. The number of benzene rings is 1. The molecular formula is C8H7BN. The Hall–Kier alpha value is -1.05. The highest BCUT2D eigenvalue weighted by atomic mass is 14.7. The van der Waals surface area contributed by atoms with Crippen molar-refractivity contribution in [3.63, 3.8) is 0 Å². The molecule has 1 heterocycles. The minimum absolute atomic E-state index is 1.13. The molecule has 10 heavy (non-hydrogen) atoms. The molecule has 0 bridgehead atoms. The highest BCUT2D eigenvalue weighted by Crippen LogP contribution is 2.16. The predicted octanol–water partition coefficient (Wildman–Crippen LogP) is 0.998. The van der Waals surface area contributed by atoms with Crippen molar-refractivity contribution in [3.8, 4) is 0 Å². The van der Waals surface area contributed by atoms with Crippen molar-refractivity contribution in [3.05, 3.63) is 23.8 Å². The summed E-state index contributed by atoms with van der Waals surface area (Å²) < 4.78 is 0. The van der Waals surface area contributed by atoms with Gasteiger partial charge in [-0.3, -0.25) is 4.99 Å². The molecule has 1 nitrogen and oxygen atoms in total. The van der Waals surface area contributed by atoms with Gasteiger partial charge in [0.2, 0.25) is 7.28 Å². The van der Waals surface area contributed by atoms with Crippen LogP contribution >= 0.6 is 0 Å². The second kappa shape index (κ2) is 1.98. The number of nitrogens with zero attached hydrogens (tertiary/aromatic N) is 1. The summed E-state index contributed by atoms with van der Waals surface area (Å²) >= 11 is 0. The molecule has 1 aromatic rings. The summed E-state index contributed by atoms with van der Waals surface area (Å²) in [5.41, 5.74) is 3.62. The third kappa shape index (κ3) is 0.686. The van der Waals surface area contributed by atoms with Crippen molar-refractivity contribution in [2.75, 3.05) is 0 Å². The quantitative estimate of drug-likeness (QED) is 0.462. The average Bonchev–Trinajstić information content (AvgIpc) is 2.36. The zero-order valence-electron chi connectivity index (χ0n) is 5.83. The van der Waals surface area contributed by atoms with Gasteiger partial charge >= 0.3 is 0 Å². The molecule has 0 spiro atoms. The zero-order valence-corrected chi connectivity index (χ0v) is 5.83. The first-order chi connectivity index (χ1) is 4.88. The number of aliphatic imine (C=N–C) groups is 1. The molecule has 47 valence electrons. The normalized spacial score (nSPS) is 12.9. The monoisotopic (exact) mass is 128 g/mol. The van der Waals surface area contributed by atoms with Crippen molar-refractivity contribution in [1.29, 1.82) is 0 Å². The van der Waals surface area contributed by atoms with E-state index in [1.54, 1.807) is 0 Å². The Morgan fingerprint density at radius 3 is 3.10 bits per heavy atom. The van der Waals surface area contributed by atoms with Crippen LogP contribution < -0.4 is 5.46 Å². The van der Waals surface area contributed by atoms with Crippen LogP contribution in [0.2, 0.25) is 0 Å². The van der Waals surface area contributed by atoms with Crippen LogP contribution in [0.4, 0.5) is 5.69 Å². The summed E-state index contributed by atoms with van der Waals surface area (Å²) in [6.45, 7) is 2.08. The summed E-state index contributed by atoms with van der Waals surface area (Å²) in [4.78, 5) is 4.22. The van der Waals surface area contributed by atoms with E-state index in [2.05, 4.69) is 30.1 Å². The fourth-order valence-electron chi connectivity index (χ4n) is 1.18. The zero-order chi connectivity index (χ0) is 6.97. The predicted molar refractivity (Wildman–Crippen MR) is 44.7 cm³/mol. The average molecular weight is 128 g/mol. The largest absolute Gasteiger partial charge is 0.272 e. The maximum atomic E-state index is 4.22. The third-order valence-corrected chi connectivity index (χ3v) is 1.73. The van der Waals surface area contributed by atoms with Crippen LogP contribution in [0.5, 0.6) is 0 Å². The highest BCUT2D eigenvalue weighted by molar-refractivity contribution is 6.82. The molecule has 1 aliphatic heterocycles. The molecule has 0 saturated carbocycles. The SMILES string of the molecule is Cc1cccc2c1N=C[B]2. The lowest BCUT2D eigenvalue weighted by Crippen LogP contribution is -2.10. The van der Waals surface area contributed by atoms with E-state index >= 15 is 0 Å². The van der Waals surface area contributed by atoms with Crippen LogP contribution in [0.25, 0.3) is 0 Å². The van der Waals surface area contributed by atoms with Gasteiger partial charge in [0.05, 0.1) is 5.69 Å². The Morgan fingerprint density at radius 2 is 2.30 bits per heavy atom. The minimum atomic E-state index is 1.13. The molecule has 0 aliphatic carbocycles. The van der Waals surface area contributed by atoms with Gasteiger partial charge in [-0.15, -0.1) is 0 Å². The van der Waals surface area contributed by atoms with Crippen LogP contribution in [-0.4, -0.2) is 13.4 Å². The van der Waals surface area contributed by atoms with E-state index < -0.39 is 0 Å². The third-order valence-electron chi connectivity index (χ3n) is 1.73. The molecule has 1 aromatic carbocycles. The van der Waals surface area contributed by atoms with Crippen molar-refractivity contribution in [2.45, 2.75) is 6.92 Å². The Labute approximate surface area is 61.0 Å². The molecule has 0 aromatic heterocycles. The van der Waals surface area contributed by atoms with Gasteiger partial charge in [0, 0.05) is 0 Å². The van der Waals surface area contributed by atoms with Crippen LogP contribution in [0, 0.1) is 6.92 Å². The smallest absolute Gasteiger partial charge is 0.209 e. The van der Waals surface area contributed by atoms with Gasteiger partial charge in [0.15, 0.2) is 0 Å². The van der Waals surface area contributed by atoms with Gasteiger partial charge in [-0.25, -0.2) is 0 Å². The van der Waals surface area contributed by atoms with Crippen molar-refractivity contribution >= 4 is 24.5 Å². The Bertz CT molecular complexity index is 291. The van der Waals surface area contributed by atoms with Crippen LogP contribution in [-0.2, 0) is 0 Å². The molecule has 1 radical (unpaired) electrons. The molecule has 0 atom stereocenters. The van der Waals surface area contributed by atoms with Gasteiger partial charge < -0.3 is 0 Å². The summed E-state index contributed by atoms with van der Waals surface area (Å²) in [5.74, 6) is 0. The Kier molecular flexibility index (Phi) is 1.13. The van der Waals surface area contributed by atoms with E-state index in [0.29, 0.717) is 0 Å². The highest BCUT2D eigenvalue weighted by Gasteiger charge is 2.07. The standard InChI is InChI=1S/C8H7BN/c1-6-3-2-4-7-8(6)10-5-9-7/h2-5H,1H3. The van der Waals surface area contributed by atoms with Crippen LogP contribution in [0.15, 0.2) is 23.2 Å². The second-order valence-corrected chi connectivity index (χ2v) is 2.46. The summed E-state index contributed by atoms with van der Waals surface area (Å²) in [6.07, 6.45) is 1.84. The fourth-order valence-corrected chi connectivity index (χ4v) is 1.18. The lowest BCUT2D eigenvalue weighted by Gasteiger charge is -1.98. The Morgan fingerprint density at radius 1 is 1.40 bits per heavy atom. The summed E-state index contributed by atoms with van der Waals surface area (Å²) in [6, 6.07) is 6.21. The molecule has 0 N–H and O–H groups in total. The molecule has 0 unspecified atom stereocenters. The number of rotatable bonds is 0. The lowest BCUT2D eigenvalue weighted by molar-refractivity contribution is 1.44. The van der Waals surface area contributed by atoms with E-state index in [-0.39, 0.29) is 0 Å². The van der Waals surface area contributed by atoms with Crippen molar-refractivity contribution < 1.29 is 0 Å². The van der Waals surface area contributed by atoms with Gasteiger partial charge in [-0.05, 0) is 18.6 Å². The first kappa shape index (κ1) is 5.72. The number of aryl methyl sites for hydroxylation is 1. The van der Waals surface area contributed by atoms with E-state index in [0.717, 1.165) is 5.69 Å². The van der Waals surface area contributed by atoms with Crippen molar-refractivity contribution in [1.82, 2.24) is 0 Å². The van der Waals surface area contributed by atoms with E-state index in [1.165, 1.54) is 11.0 Å². The first-order valence-electron chi connectivity index (χ1n) is 3.35. The number of hydrogen-bond donors (Lipinski definition) is 0. The van der Waals surface area contributed by atoms with Crippen LogP contribution in [0.3, 0.4) is 0 Å². The first-order valence-corrected chi connectivity index (χ1v) is 3.35. The minimum Gasteiger partial charge on any atom is -0.272 e. The molecule has 0 fully saturated rings. The summed E-state index contributed by atoms with van der Waals surface area (Å²) in [5, 5.41) is 0. The van der Waals surface area contributed by atoms with Gasteiger partial charge in [0.1, 0.15) is 0 Å². The molecule has 0 saturated heterocycles. The number of fused-ring (bicyclic) bond motifs is 1. The van der Waals surface area contributed by atoms with Gasteiger partial charge in [-0.2, -0.15) is 0 Å². The molecule has 2 heteroatoms. The van der Waals surface area contributed by atoms with Crippen LogP contribution in [0.1, 0.15) is 5.56 Å². The lowest BCUT2D eigenvalue weighted by atomic mass is 9.73.